The molecule has 0 aliphatic carbocycles. The first kappa shape index (κ1) is 11.6. The average molecular weight is 262 g/mol. The summed E-state index contributed by atoms with van der Waals surface area (Å²) >= 11 is 1.65. The predicted molar refractivity (Wildman–Crippen MR) is 70.6 cm³/mol. The van der Waals surface area contributed by atoms with Gasteiger partial charge in [-0.1, -0.05) is 30.8 Å². The van der Waals surface area contributed by atoms with Crippen LogP contribution in [-0.4, -0.2) is 27.4 Å². The fourth-order valence-corrected chi connectivity index (χ4v) is 3.10. The van der Waals surface area contributed by atoms with Gasteiger partial charge < -0.3 is 9.30 Å². The Bertz CT molecular complexity index is 594. The number of aromatic nitrogens is 2. The topological polar surface area (TPSA) is 44.1 Å². The number of thioether (sulfide) groups is 1. The van der Waals surface area contributed by atoms with Crippen LogP contribution in [0.5, 0.6) is 0 Å². The maximum Gasteiger partial charge on any atom is 0.305 e. The molecule has 1 aliphatic heterocycles. The summed E-state index contributed by atoms with van der Waals surface area (Å²) in [6, 6.07) is 8.05. The number of benzene rings is 1. The molecule has 0 saturated heterocycles. The zero-order valence-corrected chi connectivity index (χ0v) is 10.9. The van der Waals surface area contributed by atoms with E-state index in [-0.39, 0.29) is 12.1 Å². The summed E-state index contributed by atoms with van der Waals surface area (Å²) in [5, 5.41) is 1.01. The van der Waals surface area contributed by atoms with Crippen molar-refractivity contribution in [2.24, 2.45) is 0 Å². The van der Waals surface area contributed by atoms with Gasteiger partial charge in [0.1, 0.15) is 6.10 Å². The first-order chi connectivity index (χ1) is 8.78. The smallest absolute Gasteiger partial charge is 0.305 e. The van der Waals surface area contributed by atoms with E-state index in [4.69, 9.17) is 4.74 Å². The molecule has 0 N–H and O–H groups in total. The standard InChI is InChI=1S/C13H14N2O2S/c1-2-12(16)17-9-7-15-11-6-4-3-5-10(11)14-13(15)18-8-9/h3-6,9H,2,7-8H2,1H3/t9-/m1/s1. The lowest BCUT2D eigenvalue weighted by Crippen LogP contribution is -2.29. The molecule has 0 amide bonds. The third-order valence-electron chi connectivity index (χ3n) is 2.99. The second-order valence-corrected chi connectivity index (χ2v) is 5.26. The SMILES string of the molecule is CCC(=O)O[C@H]1CSc2nc3ccccc3n2C1. The van der Waals surface area contributed by atoms with Gasteiger partial charge in [-0.15, -0.1) is 0 Å². The quantitative estimate of drug-likeness (QED) is 0.780. The number of ether oxygens (including phenoxy) is 1. The van der Waals surface area contributed by atoms with Gasteiger partial charge in [0.2, 0.25) is 0 Å². The highest BCUT2D eigenvalue weighted by Gasteiger charge is 2.24. The number of hydrogen-bond donors (Lipinski definition) is 0. The Balaban J connectivity index is 1.89. The number of para-hydroxylation sites is 2. The Morgan fingerprint density at radius 1 is 1.56 bits per heavy atom. The highest BCUT2D eigenvalue weighted by Crippen LogP contribution is 2.30. The lowest BCUT2D eigenvalue weighted by molar-refractivity contribution is -0.148. The monoisotopic (exact) mass is 262 g/mol. The van der Waals surface area contributed by atoms with Crippen LogP contribution < -0.4 is 0 Å². The van der Waals surface area contributed by atoms with Gasteiger partial charge in [-0.3, -0.25) is 4.79 Å². The van der Waals surface area contributed by atoms with E-state index < -0.39 is 0 Å². The van der Waals surface area contributed by atoms with Crippen LogP contribution in [0.25, 0.3) is 11.0 Å². The summed E-state index contributed by atoms with van der Waals surface area (Å²) in [6.45, 7) is 2.52. The molecule has 3 rings (SSSR count). The van der Waals surface area contributed by atoms with E-state index in [1.807, 2.05) is 25.1 Å². The number of fused-ring (bicyclic) bond motifs is 3. The van der Waals surface area contributed by atoms with Gasteiger partial charge in [0, 0.05) is 12.2 Å². The van der Waals surface area contributed by atoms with E-state index >= 15 is 0 Å². The van der Waals surface area contributed by atoms with Crippen molar-refractivity contribution in [2.45, 2.75) is 31.1 Å². The lowest BCUT2D eigenvalue weighted by atomic mass is 10.3. The second kappa shape index (κ2) is 4.65. The molecule has 5 heteroatoms. The number of esters is 1. The van der Waals surface area contributed by atoms with Gasteiger partial charge in [0.05, 0.1) is 17.6 Å². The van der Waals surface area contributed by atoms with Gasteiger partial charge in [0.25, 0.3) is 0 Å². The van der Waals surface area contributed by atoms with Crippen molar-refractivity contribution in [1.82, 2.24) is 9.55 Å². The summed E-state index contributed by atoms with van der Waals surface area (Å²) in [7, 11) is 0. The molecular formula is C13H14N2O2S. The van der Waals surface area contributed by atoms with E-state index in [1.165, 1.54) is 0 Å². The lowest BCUT2D eigenvalue weighted by Gasteiger charge is -2.23. The molecular weight excluding hydrogens is 248 g/mol. The Labute approximate surface area is 109 Å². The molecule has 18 heavy (non-hydrogen) atoms. The van der Waals surface area contributed by atoms with Gasteiger partial charge in [0.15, 0.2) is 5.16 Å². The zero-order chi connectivity index (χ0) is 12.5. The van der Waals surface area contributed by atoms with E-state index in [2.05, 4.69) is 15.6 Å². The first-order valence-electron chi connectivity index (χ1n) is 6.05. The van der Waals surface area contributed by atoms with E-state index in [1.54, 1.807) is 11.8 Å². The molecule has 1 aliphatic rings. The normalized spacial score (nSPS) is 18.6. The van der Waals surface area contributed by atoms with Crippen LogP contribution in [0, 0.1) is 0 Å². The highest BCUT2D eigenvalue weighted by molar-refractivity contribution is 7.99. The van der Waals surface area contributed by atoms with Crippen molar-refractivity contribution in [2.75, 3.05) is 5.75 Å². The molecule has 1 atom stereocenters. The summed E-state index contributed by atoms with van der Waals surface area (Å²) in [5.74, 6) is 0.656. The summed E-state index contributed by atoms with van der Waals surface area (Å²) < 4.78 is 7.54. The van der Waals surface area contributed by atoms with Crippen molar-refractivity contribution < 1.29 is 9.53 Å². The third-order valence-corrected chi connectivity index (χ3v) is 4.10. The van der Waals surface area contributed by atoms with Crippen LogP contribution in [0.2, 0.25) is 0 Å². The number of carbonyl (C=O) groups excluding carboxylic acids is 1. The molecule has 0 radical (unpaired) electrons. The number of carbonyl (C=O) groups is 1. The van der Waals surface area contributed by atoms with E-state index in [9.17, 15) is 4.79 Å². The molecule has 0 bridgehead atoms. The largest absolute Gasteiger partial charge is 0.460 e. The minimum atomic E-state index is -0.131. The molecule has 2 aromatic rings. The zero-order valence-electron chi connectivity index (χ0n) is 10.1. The van der Waals surface area contributed by atoms with Crippen LogP contribution in [0.15, 0.2) is 29.4 Å². The van der Waals surface area contributed by atoms with Crippen molar-refractivity contribution in [3.63, 3.8) is 0 Å². The van der Waals surface area contributed by atoms with Crippen LogP contribution in [0.3, 0.4) is 0 Å². The molecule has 2 heterocycles. The maximum atomic E-state index is 11.3. The van der Waals surface area contributed by atoms with E-state index in [0.29, 0.717) is 13.0 Å². The Morgan fingerprint density at radius 2 is 2.39 bits per heavy atom. The van der Waals surface area contributed by atoms with Crippen molar-refractivity contribution in [1.29, 1.82) is 0 Å². The number of nitrogens with zero attached hydrogens (tertiary/aromatic N) is 2. The minimum Gasteiger partial charge on any atom is -0.460 e. The summed E-state index contributed by atoms with van der Waals surface area (Å²) in [6.07, 6.45) is 0.381. The second-order valence-electron chi connectivity index (χ2n) is 4.27. The molecule has 1 aromatic carbocycles. The molecule has 0 spiro atoms. The van der Waals surface area contributed by atoms with Crippen LogP contribution in [0.4, 0.5) is 0 Å². The first-order valence-corrected chi connectivity index (χ1v) is 7.04. The molecule has 0 unspecified atom stereocenters. The maximum absolute atomic E-state index is 11.3. The van der Waals surface area contributed by atoms with Crippen LogP contribution >= 0.6 is 11.8 Å². The Kier molecular flexibility index (Phi) is 2.99. The predicted octanol–water partition coefficient (Wildman–Crippen LogP) is 2.46. The molecule has 1 aromatic heterocycles. The molecule has 94 valence electrons. The molecule has 4 nitrogen and oxygen atoms in total. The fourth-order valence-electron chi connectivity index (χ4n) is 2.10. The van der Waals surface area contributed by atoms with Crippen LogP contribution in [-0.2, 0) is 16.1 Å². The van der Waals surface area contributed by atoms with Gasteiger partial charge in [-0.2, -0.15) is 0 Å². The van der Waals surface area contributed by atoms with Gasteiger partial charge >= 0.3 is 5.97 Å². The summed E-state index contributed by atoms with van der Waals surface area (Å²) in [5.41, 5.74) is 2.11. The number of hydrogen-bond acceptors (Lipinski definition) is 4. The van der Waals surface area contributed by atoms with Gasteiger partial charge in [-0.05, 0) is 12.1 Å². The molecule has 0 saturated carbocycles. The fraction of sp³-hybridized carbons (Fsp3) is 0.385. The Hall–Kier alpha value is -1.49. The minimum absolute atomic E-state index is 0.0486. The van der Waals surface area contributed by atoms with Crippen molar-refractivity contribution in [3.05, 3.63) is 24.3 Å². The average Bonchev–Trinajstić information content (AvgIpc) is 2.77. The molecule has 0 fully saturated rings. The van der Waals surface area contributed by atoms with Crippen LogP contribution in [0.1, 0.15) is 13.3 Å². The summed E-state index contributed by atoms with van der Waals surface area (Å²) in [4.78, 5) is 15.9. The van der Waals surface area contributed by atoms with Crippen molar-refractivity contribution in [3.8, 4) is 0 Å². The van der Waals surface area contributed by atoms with Gasteiger partial charge in [-0.25, -0.2) is 4.98 Å². The Morgan fingerprint density at radius 3 is 3.22 bits per heavy atom. The highest BCUT2D eigenvalue weighted by atomic mass is 32.2. The van der Waals surface area contributed by atoms with E-state index in [0.717, 1.165) is 21.9 Å². The van der Waals surface area contributed by atoms with Crippen molar-refractivity contribution >= 4 is 28.8 Å². The third kappa shape index (κ3) is 1.99. The number of imidazole rings is 1. The number of rotatable bonds is 2.